The molecular weight excluding hydrogens is 275 g/mol. The second kappa shape index (κ2) is 5.85. The second-order valence-electron chi connectivity index (χ2n) is 4.25. The summed E-state index contributed by atoms with van der Waals surface area (Å²) < 4.78 is 37.2. The van der Waals surface area contributed by atoms with Gasteiger partial charge in [-0.1, -0.05) is 19.1 Å². The van der Waals surface area contributed by atoms with Crippen molar-refractivity contribution in [2.75, 3.05) is 0 Å². The molecule has 0 bridgehead atoms. The summed E-state index contributed by atoms with van der Waals surface area (Å²) in [5, 5.41) is 15.8. The molecule has 0 radical (unpaired) electrons. The first kappa shape index (κ1) is 15.9. The lowest BCUT2D eigenvalue weighted by Crippen LogP contribution is -2.22. The number of nitrogens with one attached hydrogen (secondary N) is 1. The Balaban J connectivity index is 2.87. The van der Waals surface area contributed by atoms with E-state index in [9.17, 15) is 22.8 Å². The molecule has 1 unspecified atom stereocenters. The summed E-state index contributed by atoms with van der Waals surface area (Å²) in [4.78, 5) is 22.2. The van der Waals surface area contributed by atoms with E-state index < -0.39 is 41.5 Å². The van der Waals surface area contributed by atoms with Crippen molar-refractivity contribution in [3.63, 3.8) is 0 Å². The molecule has 0 aromatic heterocycles. The largest absolute Gasteiger partial charge is 0.481 e. The van der Waals surface area contributed by atoms with Gasteiger partial charge in [-0.2, -0.15) is 13.2 Å². The quantitative estimate of drug-likeness (QED) is 0.817. The molecule has 0 saturated carbocycles. The van der Waals surface area contributed by atoms with Crippen LogP contribution in [0, 0.1) is 5.41 Å². The van der Waals surface area contributed by atoms with E-state index in [0.29, 0.717) is 5.56 Å². The van der Waals surface area contributed by atoms with Gasteiger partial charge in [-0.25, -0.2) is 0 Å². The van der Waals surface area contributed by atoms with Crippen molar-refractivity contribution in [3.05, 3.63) is 35.4 Å². The second-order valence-corrected chi connectivity index (χ2v) is 4.25. The molecule has 0 aliphatic carbocycles. The number of alkyl halides is 3. The van der Waals surface area contributed by atoms with E-state index in [1.165, 1.54) is 6.92 Å². The average Bonchev–Trinajstić information content (AvgIpc) is 2.35. The minimum absolute atomic E-state index is 0.304. The normalized spacial score (nSPS) is 12.8. The van der Waals surface area contributed by atoms with Gasteiger partial charge in [0.1, 0.15) is 0 Å². The molecule has 0 amide bonds. The highest BCUT2D eigenvalue weighted by Crippen LogP contribution is 2.30. The Bertz CT molecular complexity index is 535. The Morgan fingerprint density at radius 2 is 1.75 bits per heavy atom. The van der Waals surface area contributed by atoms with Crippen molar-refractivity contribution in [2.45, 2.75) is 25.4 Å². The van der Waals surface area contributed by atoms with Crippen LogP contribution in [0.2, 0.25) is 0 Å². The summed E-state index contributed by atoms with van der Waals surface area (Å²) in [5.74, 6) is -2.88. The van der Waals surface area contributed by atoms with Crippen molar-refractivity contribution in [1.82, 2.24) is 0 Å². The predicted octanol–water partition coefficient (Wildman–Crippen LogP) is 2.87. The van der Waals surface area contributed by atoms with E-state index in [1.807, 2.05) is 0 Å². The number of ketones is 1. The topological polar surface area (TPSA) is 78.2 Å². The van der Waals surface area contributed by atoms with Gasteiger partial charge in [-0.05, 0) is 17.7 Å². The number of benzene rings is 1. The van der Waals surface area contributed by atoms with Crippen LogP contribution >= 0.6 is 0 Å². The van der Waals surface area contributed by atoms with Crippen molar-refractivity contribution in [2.24, 2.45) is 0 Å². The van der Waals surface area contributed by atoms with E-state index in [4.69, 9.17) is 10.5 Å². The van der Waals surface area contributed by atoms with Crippen LogP contribution in [0.5, 0.6) is 0 Å². The predicted molar refractivity (Wildman–Crippen MR) is 64.8 cm³/mol. The molecule has 7 heteroatoms. The standard InChI is InChI=1S/C13H12F3NO3/c1-7(12(20)10(17)6-11(18)19)8-2-4-9(5-3-8)13(14,15)16/h2-5,7,17H,6H2,1H3,(H,18,19). The van der Waals surface area contributed by atoms with Gasteiger partial charge < -0.3 is 10.5 Å². The lowest BCUT2D eigenvalue weighted by Gasteiger charge is -2.12. The zero-order valence-corrected chi connectivity index (χ0v) is 10.5. The molecule has 0 aliphatic heterocycles. The van der Waals surface area contributed by atoms with Gasteiger partial charge in [0.25, 0.3) is 0 Å². The monoisotopic (exact) mass is 287 g/mol. The molecule has 2 N–H and O–H groups in total. The SMILES string of the molecule is CC(C(=O)C(=N)CC(=O)O)c1ccc(C(F)(F)F)cc1. The van der Waals surface area contributed by atoms with Gasteiger partial charge in [0.05, 0.1) is 17.7 Å². The summed E-state index contributed by atoms with van der Waals surface area (Å²) in [5.41, 5.74) is -1.11. The molecule has 0 aliphatic rings. The Morgan fingerprint density at radius 1 is 1.25 bits per heavy atom. The molecule has 1 aromatic rings. The highest BCUT2D eigenvalue weighted by molar-refractivity contribution is 6.42. The van der Waals surface area contributed by atoms with E-state index in [1.54, 1.807) is 0 Å². The van der Waals surface area contributed by atoms with Gasteiger partial charge in [0.2, 0.25) is 0 Å². The molecule has 0 heterocycles. The van der Waals surface area contributed by atoms with Crippen LogP contribution in [-0.4, -0.2) is 22.6 Å². The van der Waals surface area contributed by atoms with Crippen LogP contribution in [0.3, 0.4) is 0 Å². The van der Waals surface area contributed by atoms with Gasteiger partial charge in [0, 0.05) is 5.92 Å². The van der Waals surface area contributed by atoms with Crippen molar-refractivity contribution in [3.8, 4) is 0 Å². The lowest BCUT2D eigenvalue weighted by atomic mass is 9.92. The fraction of sp³-hybridized carbons (Fsp3) is 0.308. The van der Waals surface area contributed by atoms with Crippen LogP contribution in [0.4, 0.5) is 13.2 Å². The summed E-state index contributed by atoms with van der Waals surface area (Å²) in [6.45, 7) is 1.42. The Morgan fingerprint density at radius 3 is 2.15 bits per heavy atom. The molecule has 20 heavy (non-hydrogen) atoms. The first-order valence-electron chi connectivity index (χ1n) is 5.63. The third-order valence-corrected chi connectivity index (χ3v) is 2.76. The van der Waals surface area contributed by atoms with Crippen LogP contribution in [-0.2, 0) is 15.8 Å². The van der Waals surface area contributed by atoms with Crippen molar-refractivity contribution < 1.29 is 27.9 Å². The summed E-state index contributed by atoms with van der Waals surface area (Å²) in [7, 11) is 0. The number of carboxylic acids is 1. The number of carbonyl (C=O) groups excluding carboxylic acids is 1. The highest BCUT2D eigenvalue weighted by Gasteiger charge is 2.30. The number of aliphatic carboxylic acids is 1. The van der Waals surface area contributed by atoms with Crippen LogP contribution in [0.1, 0.15) is 30.4 Å². The maximum Gasteiger partial charge on any atom is 0.416 e. The third kappa shape index (κ3) is 3.91. The molecule has 4 nitrogen and oxygen atoms in total. The number of rotatable bonds is 5. The number of hydrogen-bond donors (Lipinski definition) is 2. The number of Topliss-reactive ketones (excluding diaryl/α,β-unsaturated/α-hetero) is 1. The molecule has 0 spiro atoms. The fourth-order valence-corrected chi connectivity index (χ4v) is 1.61. The molecule has 0 saturated heterocycles. The fourth-order valence-electron chi connectivity index (χ4n) is 1.61. The smallest absolute Gasteiger partial charge is 0.416 e. The van der Waals surface area contributed by atoms with Crippen molar-refractivity contribution in [1.29, 1.82) is 5.41 Å². The maximum absolute atomic E-state index is 12.4. The highest BCUT2D eigenvalue weighted by atomic mass is 19.4. The molecule has 1 aromatic carbocycles. The number of hydrogen-bond acceptors (Lipinski definition) is 3. The molecule has 1 rings (SSSR count). The Labute approximate surface area is 112 Å². The lowest BCUT2D eigenvalue weighted by molar-refractivity contribution is -0.138. The Hall–Kier alpha value is -2.18. The van der Waals surface area contributed by atoms with E-state index in [2.05, 4.69) is 0 Å². The van der Waals surface area contributed by atoms with Gasteiger partial charge >= 0.3 is 12.1 Å². The summed E-state index contributed by atoms with van der Waals surface area (Å²) >= 11 is 0. The van der Waals surface area contributed by atoms with E-state index in [0.717, 1.165) is 24.3 Å². The number of halogens is 3. The van der Waals surface area contributed by atoms with E-state index >= 15 is 0 Å². The average molecular weight is 287 g/mol. The first-order chi connectivity index (χ1) is 9.12. The van der Waals surface area contributed by atoms with E-state index in [-0.39, 0.29) is 0 Å². The van der Waals surface area contributed by atoms with Gasteiger partial charge in [0.15, 0.2) is 5.78 Å². The zero-order valence-electron chi connectivity index (χ0n) is 10.5. The Kier molecular flexibility index (Phi) is 4.65. The zero-order chi connectivity index (χ0) is 15.5. The minimum atomic E-state index is -4.46. The third-order valence-electron chi connectivity index (χ3n) is 2.76. The molecule has 108 valence electrons. The van der Waals surface area contributed by atoms with Crippen LogP contribution in [0.15, 0.2) is 24.3 Å². The van der Waals surface area contributed by atoms with Gasteiger partial charge in [-0.15, -0.1) is 0 Å². The number of carboxylic acid groups (broad SMARTS) is 1. The summed E-state index contributed by atoms with van der Waals surface area (Å²) in [6, 6.07) is 4.00. The minimum Gasteiger partial charge on any atom is -0.481 e. The molecule has 0 fully saturated rings. The molecule has 1 atom stereocenters. The van der Waals surface area contributed by atoms with Crippen LogP contribution in [0.25, 0.3) is 0 Å². The summed E-state index contributed by atoms with van der Waals surface area (Å²) in [6.07, 6.45) is -5.16. The molecular formula is C13H12F3NO3. The number of carbonyl (C=O) groups is 2. The van der Waals surface area contributed by atoms with Crippen molar-refractivity contribution >= 4 is 17.5 Å². The van der Waals surface area contributed by atoms with Gasteiger partial charge in [-0.3, -0.25) is 9.59 Å². The first-order valence-corrected chi connectivity index (χ1v) is 5.63. The van der Waals surface area contributed by atoms with Crippen LogP contribution < -0.4 is 0 Å². The maximum atomic E-state index is 12.4.